The molecule has 1 saturated heterocycles. The van der Waals surface area contributed by atoms with Gasteiger partial charge in [-0.3, -0.25) is 0 Å². The van der Waals surface area contributed by atoms with Crippen LogP contribution in [0.3, 0.4) is 0 Å². The summed E-state index contributed by atoms with van der Waals surface area (Å²) in [5.41, 5.74) is 0.991. The molecule has 1 atom stereocenters. The number of amides is 2. The highest BCUT2D eigenvalue weighted by Crippen LogP contribution is 2.22. The van der Waals surface area contributed by atoms with Crippen molar-refractivity contribution in [2.75, 3.05) is 30.3 Å². The SMILES string of the molecule is CCCC1CN(/C(=N\C#N)Nc2cc(F)ccc2F)CCN1C(=O)Nc1cc(F)ccc1C. The van der Waals surface area contributed by atoms with Crippen molar-refractivity contribution >= 4 is 23.4 Å². The Morgan fingerprint density at radius 1 is 1.12 bits per heavy atom. The van der Waals surface area contributed by atoms with Gasteiger partial charge in [0.2, 0.25) is 12.2 Å². The Bertz CT molecular complexity index is 1080. The molecule has 2 aromatic carbocycles. The lowest BCUT2D eigenvalue weighted by molar-refractivity contribution is 0.130. The monoisotopic (exact) mass is 458 g/mol. The maximum atomic E-state index is 14.1. The molecule has 0 aromatic heterocycles. The number of rotatable bonds is 4. The molecule has 0 spiro atoms. The van der Waals surface area contributed by atoms with Gasteiger partial charge in [0.15, 0.2) is 0 Å². The van der Waals surface area contributed by atoms with Gasteiger partial charge < -0.3 is 20.4 Å². The smallest absolute Gasteiger partial charge is 0.322 e. The number of nitrogens with zero attached hydrogens (tertiary/aromatic N) is 4. The van der Waals surface area contributed by atoms with Crippen LogP contribution in [0.25, 0.3) is 0 Å². The van der Waals surface area contributed by atoms with Crippen molar-refractivity contribution in [3.63, 3.8) is 0 Å². The second-order valence-corrected chi connectivity index (χ2v) is 7.76. The number of urea groups is 1. The van der Waals surface area contributed by atoms with Crippen LogP contribution in [-0.2, 0) is 0 Å². The van der Waals surface area contributed by atoms with Crippen molar-refractivity contribution < 1.29 is 18.0 Å². The third-order valence-corrected chi connectivity index (χ3v) is 5.44. The Labute approximate surface area is 190 Å². The average Bonchev–Trinajstić information content (AvgIpc) is 2.78. The fraction of sp³-hybridized carbons (Fsp3) is 0.348. The number of anilines is 2. The quantitative estimate of drug-likeness (QED) is 0.396. The molecule has 0 bridgehead atoms. The van der Waals surface area contributed by atoms with Gasteiger partial charge in [-0.15, -0.1) is 4.99 Å². The number of carbonyl (C=O) groups excluding carboxylic acids is 1. The van der Waals surface area contributed by atoms with Crippen LogP contribution in [-0.4, -0.2) is 47.5 Å². The van der Waals surface area contributed by atoms with E-state index in [1.54, 1.807) is 29.0 Å². The van der Waals surface area contributed by atoms with Crippen LogP contribution in [0.2, 0.25) is 0 Å². The molecule has 1 heterocycles. The lowest BCUT2D eigenvalue weighted by atomic mass is 10.1. The number of hydrogen-bond donors (Lipinski definition) is 2. The minimum absolute atomic E-state index is 0.0733. The van der Waals surface area contributed by atoms with Crippen molar-refractivity contribution in [2.45, 2.75) is 32.7 Å². The average molecular weight is 458 g/mol. The zero-order valence-electron chi connectivity index (χ0n) is 18.4. The fourth-order valence-electron chi connectivity index (χ4n) is 3.75. The molecule has 3 rings (SSSR count). The highest BCUT2D eigenvalue weighted by atomic mass is 19.1. The number of nitrogens with one attached hydrogen (secondary N) is 2. The Morgan fingerprint density at radius 3 is 2.52 bits per heavy atom. The van der Waals surface area contributed by atoms with Gasteiger partial charge in [-0.05, 0) is 43.2 Å². The summed E-state index contributed by atoms with van der Waals surface area (Å²) in [5.74, 6) is -1.69. The van der Waals surface area contributed by atoms with Crippen LogP contribution >= 0.6 is 0 Å². The molecule has 1 fully saturated rings. The van der Waals surface area contributed by atoms with E-state index in [-0.39, 0.29) is 23.7 Å². The van der Waals surface area contributed by atoms with Crippen LogP contribution in [0.1, 0.15) is 25.3 Å². The summed E-state index contributed by atoms with van der Waals surface area (Å²) >= 11 is 0. The van der Waals surface area contributed by atoms with Crippen LogP contribution in [0.15, 0.2) is 41.4 Å². The number of halogens is 3. The molecule has 10 heteroatoms. The molecule has 1 aliphatic rings. The van der Waals surface area contributed by atoms with E-state index in [1.165, 1.54) is 12.1 Å². The summed E-state index contributed by atoms with van der Waals surface area (Å²) in [7, 11) is 0. The van der Waals surface area contributed by atoms with Gasteiger partial charge >= 0.3 is 6.03 Å². The maximum Gasteiger partial charge on any atom is 0.322 e. The van der Waals surface area contributed by atoms with Gasteiger partial charge in [0.25, 0.3) is 0 Å². The number of carbonyl (C=O) groups is 1. The number of guanidine groups is 1. The number of hydrogen-bond acceptors (Lipinski definition) is 3. The summed E-state index contributed by atoms with van der Waals surface area (Å²) in [4.78, 5) is 20.1. The normalized spacial score (nSPS) is 16.4. The van der Waals surface area contributed by atoms with Gasteiger partial charge in [0.1, 0.15) is 17.5 Å². The predicted molar refractivity (Wildman–Crippen MR) is 120 cm³/mol. The van der Waals surface area contributed by atoms with E-state index in [0.717, 1.165) is 30.2 Å². The third kappa shape index (κ3) is 5.94. The number of aliphatic imine (C=N–C) groups is 1. The van der Waals surface area contributed by atoms with E-state index < -0.39 is 17.5 Å². The molecule has 0 radical (unpaired) electrons. The van der Waals surface area contributed by atoms with E-state index in [1.807, 2.05) is 6.92 Å². The third-order valence-electron chi connectivity index (χ3n) is 5.44. The molecule has 0 saturated carbocycles. The number of nitriles is 1. The lowest BCUT2D eigenvalue weighted by Crippen LogP contribution is -2.58. The van der Waals surface area contributed by atoms with Crippen LogP contribution in [0.4, 0.5) is 29.3 Å². The first-order chi connectivity index (χ1) is 15.8. The molecule has 0 aliphatic carbocycles. The van der Waals surface area contributed by atoms with Gasteiger partial charge in [0, 0.05) is 31.4 Å². The number of benzene rings is 2. The van der Waals surface area contributed by atoms with E-state index >= 15 is 0 Å². The van der Waals surface area contributed by atoms with E-state index in [0.29, 0.717) is 31.7 Å². The van der Waals surface area contributed by atoms with Gasteiger partial charge in [-0.2, -0.15) is 5.26 Å². The van der Waals surface area contributed by atoms with E-state index in [2.05, 4.69) is 15.6 Å². The summed E-state index contributed by atoms with van der Waals surface area (Å²) in [6, 6.07) is 6.56. The van der Waals surface area contributed by atoms with Crippen molar-refractivity contribution in [1.29, 1.82) is 5.26 Å². The van der Waals surface area contributed by atoms with Gasteiger partial charge in [0.05, 0.1) is 11.7 Å². The first-order valence-electron chi connectivity index (χ1n) is 10.6. The molecule has 2 aromatic rings. The highest BCUT2D eigenvalue weighted by molar-refractivity contribution is 5.95. The zero-order valence-corrected chi connectivity index (χ0v) is 18.4. The number of aryl methyl sites for hydroxylation is 1. The summed E-state index contributed by atoms with van der Waals surface area (Å²) in [6.07, 6.45) is 3.14. The minimum atomic E-state index is -0.685. The van der Waals surface area contributed by atoms with E-state index in [4.69, 9.17) is 5.26 Å². The Kier molecular flexibility index (Phi) is 7.77. The van der Waals surface area contributed by atoms with Gasteiger partial charge in [-0.25, -0.2) is 18.0 Å². The topological polar surface area (TPSA) is 83.8 Å². The first kappa shape index (κ1) is 23.9. The highest BCUT2D eigenvalue weighted by Gasteiger charge is 2.32. The summed E-state index contributed by atoms with van der Waals surface area (Å²) in [5, 5.41) is 14.6. The van der Waals surface area contributed by atoms with Crippen molar-refractivity contribution in [2.24, 2.45) is 4.99 Å². The summed E-state index contributed by atoms with van der Waals surface area (Å²) < 4.78 is 41.3. The molecule has 1 unspecified atom stereocenters. The van der Waals surface area contributed by atoms with Crippen LogP contribution < -0.4 is 10.6 Å². The summed E-state index contributed by atoms with van der Waals surface area (Å²) in [6.45, 7) is 4.69. The molecular formula is C23H25F3N6O. The first-order valence-corrected chi connectivity index (χ1v) is 10.6. The zero-order chi connectivity index (χ0) is 24.0. The Morgan fingerprint density at radius 2 is 1.82 bits per heavy atom. The fourth-order valence-corrected chi connectivity index (χ4v) is 3.75. The maximum absolute atomic E-state index is 14.1. The Hall–Kier alpha value is -3.74. The van der Waals surface area contributed by atoms with Crippen LogP contribution in [0.5, 0.6) is 0 Å². The minimum Gasteiger partial charge on any atom is -0.338 e. The van der Waals surface area contributed by atoms with Gasteiger partial charge in [-0.1, -0.05) is 19.4 Å². The van der Waals surface area contributed by atoms with Crippen LogP contribution in [0, 0.1) is 35.8 Å². The molecule has 174 valence electrons. The number of piperazine rings is 1. The molecule has 33 heavy (non-hydrogen) atoms. The van der Waals surface area contributed by atoms with E-state index in [9.17, 15) is 18.0 Å². The molecular weight excluding hydrogens is 433 g/mol. The standard InChI is InChI=1S/C23H25F3N6O/c1-3-4-18-13-31(22(28-14-27)29-21-12-17(25)7-8-19(21)26)9-10-32(18)23(33)30-20-11-16(24)6-5-15(20)2/h5-8,11-12,18H,3-4,9-10,13H2,1-2H3,(H,28,29)(H,30,33). The Balaban J connectivity index is 1.76. The van der Waals surface area contributed by atoms with Crippen molar-refractivity contribution in [3.05, 3.63) is 59.4 Å². The molecule has 1 aliphatic heterocycles. The predicted octanol–water partition coefficient (Wildman–Crippen LogP) is 4.68. The molecule has 2 N–H and O–H groups in total. The second-order valence-electron chi connectivity index (χ2n) is 7.76. The lowest BCUT2D eigenvalue weighted by Gasteiger charge is -2.42. The van der Waals surface area contributed by atoms with Crippen molar-refractivity contribution in [3.8, 4) is 6.19 Å². The molecule has 7 nitrogen and oxygen atoms in total. The largest absolute Gasteiger partial charge is 0.338 e. The van der Waals surface area contributed by atoms with Crippen molar-refractivity contribution in [1.82, 2.24) is 9.80 Å². The second kappa shape index (κ2) is 10.7. The molecule has 2 amide bonds.